The van der Waals surface area contributed by atoms with Gasteiger partial charge in [0.2, 0.25) is 0 Å². The highest BCUT2D eigenvalue weighted by molar-refractivity contribution is 6.09. The normalized spacial score (nSPS) is 13.0. The first-order valence-corrected chi connectivity index (χ1v) is 8.14. The molecule has 1 aromatic heterocycles. The molecular weight excluding hydrogens is 316 g/mol. The van der Waals surface area contributed by atoms with Gasteiger partial charge in [-0.15, -0.1) is 0 Å². The van der Waals surface area contributed by atoms with Crippen LogP contribution in [0.3, 0.4) is 0 Å². The molecule has 0 N–H and O–H groups in total. The van der Waals surface area contributed by atoms with Crippen LogP contribution >= 0.6 is 0 Å². The fourth-order valence-electron chi connectivity index (χ4n) is 3.29. The van der Waals surface area contributed by atoms with Crippen LogP contribution < -0.4 is 14.4 Å². The van der Waals surface area contributed by atoms with Crippen LogP contribution in [0.1, 0.15) is 15.9 Å². The fourth-order valence-corrected chi connectivity index (χ4v) is 3.29. The molecular formula is C20H18N2O3. The lowest BCUT2D eigenvalue weighted by atomic mass is 10.1. The van der Waals surface area contributed by atoms with Gasteiger partial charge in [-0.25, -0.2) is 4.98 Å². The molecule has 5 heteroatoms. The van der Waals surface area contributed by atoms with E-state index in [1.807, 2.05) is 30.3 Å². The number of pyridine rings is 1. The van der Waals surface area contributed by atoms with Gasteiger partial charge < -0.3 is 9.47 Å². The number of fused-ring (bicyclic) bond motifs is 2. The topological polar surface area (TPSA) is 51.7 Å². The van der Waals surface area contributed by atoms with Crippen LogP contribution in [0.2, 0.25) is 0 Å². The fraction of sp³-hybridized carbons (Fsp3) is 0.200. The summed E-state index contributed by atoms with van der Waals surface area (Å²) in [5.74, 6) is 1.88. The van der Waals surface area contributed by atoms with E-state index in [-0.39, 0.29) is 5.91 Å². The molecule has 5 nitrogen and oxygen atoms in total. The van der Waals surface area contributed by atoms with Gasteiger partial charge >= 0.3 is 0 Å². The van der Waals surface area contributed by atoms with Crippen molar-refractivity contribution >= 4 is 22.6 Å². The molecule has 2 aromatic carbocycles. The Morgan fingerprint density at radius 2 is 1.80 bits per heavy atom. The largest absolute Gasteiger partial charge is 0.496 e. The number of methoxy groups -OCH3 is 2. The molecule has 0 aliphatic carbocycles. The summed E-state index contributed by atoms with van der Waals surface area (Å²) in [4.78, 5) is 19.5. The molecule has 2 heterocycles. The summed E-state index contributed by atoms with van der Waals surface area (Å²) in [6, 6.07) is 15.2. The second-order valence-corrected chi connectivity index (χ2v) is 5.91. The number of ether oxygens (including phenoxy) is 2. The Hall–Kier alpha value is -3.08. The number of amides is 1. The number of hydrogen-bond donors (Lipinski definition) is 0. The Kier molecular flexibility index (Phi) is 3.76. The van der Waals surface area contributed by atoms with Crippen molar-refractivity contribution in [2.75, 3.05) is 25.7 Å². The molecule has 0 spiro atoms. The molecule has 1 aliphatic rings. The molecule has 1 aliphatic heterocycles. The summed E-state index contributed by atoms with van der Waals surface area (Å²) < 4.78 is 10.8. The number of aromatic nitrogens is 1. The third-order valence-corrected chi connectivity index (χ3v) is 4.53. The lowest BCUT2D eigenvalue weighted by Gasteiger charge is -2.18. The summed E-state index contributed by atoms with van der Waals surface area (Å²) in [6.07, 6.45) is 0.788. The second kappa shape index (κ2) is 6.09. The first-order chi connectivity index (χ1) is 12.2. The maximum atomic E-state index is 13.1. The molecule has 4 rings (SSSR count). The summed E-state index contributed by atoms with van der Waals surface area (Å²) in [7, 11) is 3.20. The molecule has 0 atom stereocenters. The van der Waals surface area contributed by atoms with Crippen molar-refractivity contribution in [1.82, 2.24) is 4.98 Å². The van der Waals surface area contributed by atoms with Gasteiger partial charge in [-0.05, 0) is 36.2 Å². The van der Waals surface area contributed by atoms with Gasteiger partial charge in [0.25, 0.3) is 5.91 Å². The van der Waals surface area contributed by atoms with Crippen LogP contribution in [0.5, 0.6) is 11.5 Å². The predicted molar refractivity (Wildman–Crippen MR) is 96.7 cm³/mol. The Morgan fingerprint density at radius 3 is 2.60 bits per heavy atom. The number of hydrogen-bond acceptors (Lipinski definition) is 4. The molecule has 0 saturated carbocycles. The van der Waals surface area contributed by atoms with Gasteiger partial charge in [-0.2, -0.15) is 0 Å². The molecule has 1 amide bonds. The van der Waals surface area contributed by atoms with Gasteiger partial charge in [-0.1, -0.05) is 24.3 Å². The van der Waals surface area contributed by atoms with E-state index in [2.05, 4.69) is 6.07 Å². The predicted octanol–water partition coefficient (Wildman–Crippen LogP) is 3.45. The zero-order chi connectivity index (χ0) is 17.4. The average molecular weight is 334 g/mol. The SMILES string of the molecule is COc1ccccc1C(=O)N1CCc2cc3cccc(OC)c3nc21. The van der Waals surface area contributed by atoms with Crippen molar-refractivity contribution < 1.29 is 14.3 Å². The van der Waals surface area contributed by atoms with Crippen molar-refractivity contribution in [3.8, 4) is 11.5 Å². The van der Waals surface area contributed by atoms with E-state index in [0.717, 1.165) is 22.9 Å². The minimum atomic E-state index is -0.0991. The van der Waals surface area contributed by atoms with Crippen molar-refractivity contribution in [3.05, 3.63) is 59.7 Å². The van der Waals surface area contributed by atoms with Gasteiger partial charge in [0.05, 0.1) is 19.8 Å². The lowest BCUT2D eigenvalue weighted by molar-refractivity contribution is 0.0986. The van der Waals surface area contributed by atoms with Crippen LogP contribution in [0.15, 0.2) is 48.5 Å². The third kappa shape index (κ3) is 2.48. The maximum Gasteiger partial charge on any atom is 0.263 e. The Balaban J connectivity index is 1.81. The number of rotatable bonds is 3. The summed E-state index contributed by atoms with van der Waals surface area (Å²) in [6.45, 7) is 0.609. The number of benzene rings is 2. The minimum absolute atomic E-state index is 0.0991. The minimum Gasteiger partial charge on any atom is -0.496 e. The number of para-hydroxylation sites is 2. The zero-order valence-corrected chi connectivity index (χ0v) is 14.2. The number of anilines is 1. The first kappa shape index (κ1) is 15.4. The van der Waals surface area contributed by atoms with Gasteiger partial charge in [0.1, 0.15) is 22.8 Å². The number of carbonyl (C=O) groups is 1. The van der Waals surface area contributed by atoms with Crippen molar-refractivity contribution in [1.29, 1.82) is 0 Å². The molecule has 126 valence electrons. The molecule has 0 radical (unpaired) electrons. The van der Waals surface area contributed by atoms with Gasteiger partial charge in [-0.3, -0.25) is 9.69 Å². The quantitative estimate of drug-likeness (QED) is 0.736. The summed E-state index contributed by atoms with van der Waals surface area (Å²) in [5, 5.41) is 1.02. The maximum absolute atomic E-state index is 13.1. The smallest absolute Gasteiger partial charge is 0.263 e. The van der Waals surface area contributed by atoms with E-state index >= 15 is 0 Å². The van der Waals surface area contributed by atoms with Crippen LogP contribution in [0.4, 0.5) is 5.82 Å². The van der Waals surface area contributed by atoms with Gasteiger partial charge in [0.15, 0.2) is 0 Å². The van der Waals surface area contributed by atoms with E-state index in [4.69, 9.17) is 14.5 Å². The zero-order valence-electron chi connectivity index (χ0n) is 14.2. The highest BCUT2D eigenvalue weighted by atomic mass is 16.5. The second-order valence-electron chi connectivity index (χ2n) is 5.91. The van der Waals surface area contributed by atoms with Crippen molar-refractivity contribution in [2.45, 2.75) is 6.42 Å². The van der Waals surface area contributed by atoms with Crippen LogP contribution in [0, 0.1) is 0 Å². The van der Waals surface area contributed by atoms with Crippen molar-refractivity contribution in [3.63, 3.8) is 0 Å². The van der Waals surface area contributed by atoms with Crippen LogP contribution in [-0.4, -0.2) is 31.7 Å². The molecule has 0 fully saturated rings. The third-order valence-electron chi connectivity index (χ3n) is 4.53. The molecule has 0 unspecified atom stereocenters. The van der Waals surface area contributed by atoms with E-state index in [0.29, 0.717) is 29.4 Å². The molecule has 3 aromatic rings. The van der Waals surface area contributed by atoms with Crippen LogP contribution in [0.25, 0.3) is 10.9 Å². The standard InChI is InChI=1S/C20H18N2O3/c1-24-16-8-4-3-7-15(16)20(23)22-11-10-14-12-13-6-5-9-17(25-2)18(13)21-19(14)22/h3-9,12H,10-11H2,1-2H3. The summed E-state index contributed by atoms with van der Waals surface area (Å²) >= 11 is 0. The highest BCUT2D eigenvalue weighted by Gasteiger charge is 2.29. The number of nitrogens with zero attached hydrogens (tertiary/aromatic N) is 2. The molecule has 25 heavy (non-hydrogen) atoms. The molecule has 0 saturated heterocycles. The Morgan fingerprint density at radius 1 is 1.04 bits per heavy atom. The Labute approximate surface area is 145 Å². The Bertz CT molecular complexity index is 968. The molecule has 0 bridgehead atoms. The van der Waals surface area contributed by atoms with E-state index in [1.54, 1.807) is 31.3 Å². The van der Waals surface area contributed by atoms with E-state index in [1.165, 1.54) is 0 Å². The first-order valence-electron chi connectivity index (χ1n) is 8.14. The average Bonchev–Trinajstić information content (AvgIpc) is 3.07. The van der Waals surface area contributed by atoms with Crippen molar-refractivity contribution in [2.24, 2.45) is 0 Å². The number of carbonyl (C=O) groups excluding carboxylic acids is 1. The highest BCUT2D eigenvalue weighted by Crippen LogP contribution is 2.34. The van der Waals surface area contributed by atoms with E-state index in [9.17, 15) is 4.79 Å². The van der Waals surface area contributed by atoms with Crippen LogP contribution in [-0.2, 0) is 6.42 Å². The monoisotopic (exact) mass is 334 g/mol. The summed E-state index contributed by atoms with van der Waals surface area (Å²) in [5.41, 5.74) is 2.38. The lowest BCUT2D eigenvalue weighted by Crippen LogP contribution is -2.29. The van der Waals surface area contributed by atoms with Gasteiger partial charge in [0, 0.05) is 11.9 Å². The van der Waals surface area contributed by atoms with E-state index < -0.39 is 0 Å².